The summed E-state index contributed by atoms with van der Waals surface area (Å²) in [4.78, 5) is 15.8. The molecule has 0 aliphatic rings. The third kappa shape index (κ3) is 3.57. The third-order valence-corrected chi connectivity index (χ3v) is 3.14. The summed E-state index contributed by atoms with van der Waals surface area (Å²) in [6.07, 6.45) is 1.35. The smallest absolute Gasteiger partial charge is 0.347 e. The molecule has 5 heteroatoms. The van der Waals surface area contributed by atoms with Gasteiger partial charge in [0, 0.05) is 12.5 Å². The molecule has 90 valence electrons. The number of nitrogens with two attached hydrogens (primary N) is 1. The lowest BCUT2D eigenvalue weighted by Gasteiger charge is -2.02. The third-order valence-electron chi connectivity index (χ3n) is 2.03. The summed E-state index contributed by atoms with van der Waals surface area (Å²) in [6.45, 7) is 6.00. The molecule has 0 aliphatic carbocycles. The van der Waals surface area contributed by atoms with Crippen molar-refractivity contribution >= 4 is 17.3 Å². The van der Waals surface area contributed by atoms with Gasteiger partial charge in [0.15, 0.2) is 0 Å². The van der Waals surface area contributed by atoms with Crippen LogP contribution in [0, 0.1) is 5.92 Å². The lowest BCUT2D eigenvalue weighted by molar-refractivity contribution is 0.0700. The van der Waals surface area contributed by atoms with E-state index in [1.165, 1.54) is 11.3 Å². The molecule has 4 nitrogen and oxygen atoms in total. The van der Waals surface area contributed by atoms with Crippen molar-refractivity contribution in [2.75, 3.05) is 0 Å². The Morgan fingerprint density at radius 1 is 1.44 bits per heavy atom. The normalized spacial score (nSPS) is 13.1. The fraction of sp³-hybridized carbons (Fsp3) is 0.636. The van der Waals surface area contributed by atoms with E-state index in [0.717, 1.165) is 5.01 Å². The first-order valence-corrected chi connectivity index (χ1v) is 6.19. The zero-order valence-corrected chi connectivity index (χ0v) is 10.7. The molecule has 1 rings (SSSR count). The van der Waals surface area contributed by atoms with Gasteiger partial charge in [-0.25, -0.2) is 9.78 Å². The van der Waals surface area contributed by atoms with Crippen LogP contribution in [0.2, 0.25) is 0 Å². The van der Waals surface area contributed by atoms with Gasteiger partial charge in [-0.1, -0.05) is 13.8 Å². The first kappa shape index (κ1) is 13.1. The highest BCUT2D eigenvalue weighted by molar-refractivity contribution is 7.13. The summed E-state index contributed by atoms with van der Waals surface area (Å²) in [5, 5.41) is 9.89. The minimum absolute atomic E-state index is 0.0136. The van der Waals surface area contributed by atoms with Gasteiger partial charge in [0.05, 0.1) is 10.7 Å². The summed E-state index contributed by atoms with van der Waals surface area (Å²) in [7, 11) is 0. The number of aromatic nitrogens is 1. The second-order valence-corrected chi connectivity index (χ2v) is 5.55. The van der Waals surface area contributed by atoms with Crippen LogP contribution in [0.15, 0.2) is 0 Å². The monoisotopic (exact) mass is 242 g/mol. The SMILES string of the molecule is CC(C)Cc1nc(CC(C)N)sc1C(=O)O. The first-order valence-electron chi connectivity index (χ1n) is 5.37. The lowest BCUT2D eigenvalue weighted by Crippen LogP contribution is -2.17. The van der Waals surface area contributed by atoms with E-state index in [4.69, 9.17) is 10.8 Å². The Morgan fingerprint density at radius 2 is 2.06 bits per heavy atom. The topological polar surface area (TPSA) is 76.2 Å². The fourth-order valence-electron chi connectivity index (χ4n) is 1.46. The van der Waals surface area contributed by atoms with Crippen LogP contribution in [-0.4, -0.2) is 22.1 Å². The van der Waals surface area contributed by atoms with Crippen molar-refractivity contribution in [1.29, 1.82) is 0 Å². The first-order chi connectivity index (χ1) is 7.40. The Hall–Kier alpha value is -0.940. The van der Waals surface area contributed by atoms with E-state index in [0.29, 0.717) is 29.3 Å². The quantitative estimate of drug-likeness (QED) is 0.827. The standard InChI is InChI=1S/C11H18N2O2S/c1-6(2)4-8-10(11(14)15)16-9(13-8)5-7(3)12/h6-7H,4-5,12H2,1-3H3,(H,14,15). The van der Waals surface area contributed by atoms with Crippen LogP contribution in [0.4, 0.5) is 0 Å². The molecule has 0 aliphatic heterocycles. The van der Waals surface area contributed by atoms with Crippen LogP contribution in [0.3, 0.4) is 0 Å². The zero-order valence-electron chi connectivity index (χ0n) is 9.86. The van der Waals surface area contributed by atoms with E-state index >= 15 is 0 Å². The van der Waals surface area contributed by atoms with Gasteiger partial charge in [-0.05, 0) is 19.3 Å². The van der Waals surface area contributed by atoms with E-state index in [2.05, 4.69) is 18.8 Å². The number of nitrogens with zero attached hydrogens (tertiary/aromatic N) is 1. The van der Waals surface area contributed by atoms with Gasteiger partial charge in [0.1, 0.15) is 4.88 Å². The van der Waals surface area contributed by atoms with Gasteiger partial charge in [-0.2, -0.15) is 0 Å². The van der Waals surface area contributed by atoms with Crippen molar-refractivity contribution in [3.63, 3.8) is 0 Å². The number of hydrogen-bond acceptors (Lipinski definition) is 4. The second kappa shape index (κ2) is 5.41. The summed E-state index contributed by atoms with van der Waals surface area (Å²) < 4.78 is 0. The van der Waals surface area contributed by atoms with Crippen molar-refractivity contribution in [1.82, 2.24) is 4.98 Å². The molecule has 0 spiro atoms. The van der Waals surface area contributed by atoms with Crippen LogP contribution < -0.4 is 5.73 Å². The Kier molecular flexibility index (Phi) is 4.44. The molecule has 3 N–H and O–H groups in total. The number of hydrogen-bond donors (Lipinski definition) is 2. The molecule has 0 aromatic carbocycles. The fourth-order valence-corrected chi connectivity index (χ4v) is 2.53. The highest BCUT2D eigenvalue weighted by Gasteiger charge is 2.18. The van der Waals surface area contributed by atoms with Gasteiger partial charge in [0.25, 0.3) is 0 Å². The molecule has 1 aromatic rings. The van der Waals surface area contributed by atoms with Gasteiger partial charge < -0.3 is 10.8 Å². The number of carboxylic acid groups (broad SMARTS) is 1. The summed E-state index contributed by atoms with van der Waals surface area (Å²) in [5.41, 5.74) is 6.38. The van der Waals surface area contributed by atoms with Crippen molar-refractivity contribution in [3.05, 3.63) is 15.6 Å². The molecule has 1 atom stereocenters. The minimum atomic E-state index is -0.885. The Balaban J connectivity index is 2.95. The summed E-state index contributed by atoms with van der Waals surface area (Å²) in [5.74, 6) is -0.479. The number of carboxylic acids is 1. The summed E-state index contributed by atoms with van der Waals surface area (Å²) in [6, 6.07) is 0.0136. The van der Waals surface area contributed by atoms with Gasteiger partial charge in [-0.3, -0.25) is 0 Å². The van der Waals surface area contributed by atoms with Gasteiger partial charge >= 0.3 is 5.97 Å². The lowest BCUT2D eigenvalue weighted by atomic mass is 10.1. The number of carbonyl (C=O) groups is 1. The molecule has 16 heavy (non-hydrogen) atoms. The maximum absolute atomic E-state index is 11.0. The molecule has 0 saturated heterocycles. The molecule has 1 aromatic heterocycles. The summed E-state index contributed by atoms with van der Waals surface area (Å²) >= 11 is 1.25. The zero-order chi connectivity index (χ0) is 12.3. The Labute approximate surface area is 99.5 Å². The van der Waals surface area contributed by atoms with Crippen LogP contribution in [0.25, 0.3) is 0 Å². The Morgan fingerprint density at radius 3 is 2.50 bits per heavy atom. The van der Waals surface area contributed by atoms with Crippen molar-refractivity contribution in [2.45, 2.75) is 39.7 Å². The van der Waals surface area contributed by atoms with E-state index in [1.54, 1.807) is 0 Å². The molecule has 0 amide bonds. The van der Waals surface area contributed by atoms with Crippen LogP contribution >= 0.6 is 11.3 Å². The number of aromatic carboxylic acids is 1. The molecular formula is C11H18N2O2S. The molecule has 0 fully saturated rings. The predicted octanol–water partition coefficient (Wildman–Crippen LogP) is 1.93. The Bertz CT molecular complexity index is 372. The maximum Gasteiger partial charge on any atom is 0.347 e. The van der Waals surface area contributed by atoms with Gasteiger partial charge in [0.2, 0.25) is 0 Å². The minimum Gasteiger partial charge on any atom is -0.477 e. The average Bonchev–Trinajstić information content (AvgIpc) is 2.45. The maximum atomic E-state index is 11.0. The second-order valence-electron chi connectivity index (χ2n) is 4.47. The molecule has 1 heterocycles. The number of rotatable bonds is 5. The molecule has 0 bridgehead atoms. The molecular weight excluding hydrogens is 224 g/mol. The van der Waals surface area contributed by atoms with Crippen LogP contribution in [0.1, 0.15) is 41.1 Å². The largest absolute Gasteiger partial charge is 0.477 e. The molecule has 1 unspecified atom stereocenters. The molecule has 0 saturated carbocycles. The van der Waals surface area contributed by atoms with Crippen LogP contribution in [0.5, 0.6) is 0 Å². The van der Waals surface area contributed by atoms with Gasteiger partial charge in [-0.15, -0.1) is 11.3 Å². The van der Waals surface area contributed by atoms with E-state index in [1.807, 2.05) is 6.92 Å². The number of thiazole rings is 1. The van der Waals surface area contributed by atoms with E-state index in [9.17, 15) is 4.79 Å². The van der Waals surface area contributed by atoms with Crippen molar-refractivity contribution < 1.29 is 9.90 Å². The highest BCUT2D eigenvalue weighted by atomic mass is 32.1. The average molecular weight is 242 g/mol. The molecule has 0 radical (unpaired) electrons. The van der Waals surface area contributed by atoms with Crippen LogP contribution in [-0.2, 0) is 12.8 Å². The highest BCUT2D eigenvalue weighted by Crippen LogP contribution is 2.22. The van der Waals surface area contributed by atoms with E-state index < -0.39 is 5.97 Å². The van der Waals surface area contributed by atoms with Crippen molar-refractivity contribution in [2.24, 2.45) is 11.7 Å². The predicted molar refractivity (Wildman–Crippen MR) is 65.0 cm³/mol. The van der Waals surface area contributed by atoms with Crippen molar-refractivity contribution in [3.8, 4) is 0 Å². The van der Waals surface area contributed by atoms with E-state index in [-0.39, 0.29) is 6.04 Å².